The highest BCUT2D eigenvalue weighted by atomic mass is 16.5. The average Bonchev–Trinajstić information content (AvgIpc) is 2.49. The molecule has 0 unspecified atom stereocenters. The fourth-order valence-electron chi connectivity index (χ4n) is 2.03. The Morgan fingerprint density at radius 2 is 1.85 bits per heavy atom. The number of nitrogens with zero attached hydrogens (tertiary/aromatic N) is 1. The number of rotatable bonds is 9. The first-order valence-corrected chi connectivity index (χ1v) is 7.16. The first kappa shape index (κ1) is 16.7. The molecular weight excluding hydrogens is 254 g/mol. The predicted octanol–water partition coefficient (Wildman–Crippen LogP) is 1.65. The van der Waals surface area contributed by atoms with Crippen molar-refractivity contribution in [1.82, 2.24) is 4.90 Å². The largest absolute Gasteiger partial charge is 0.395 e. The maximum atomic E-state index is 12.1. The van der Waals surface area contributed by atoms with Crippen molar-refractivity contribution in [1.29, 1.82) is 0 Å². The average molecular weight is 279 g/mol. The minimum Gasteiger partial charge on any atom is -0.395 e. The lowest BCUT2D eigenvalue weighted by atomic mass is 10.1. The van der Waals surface area contributed by atoms with E-state index in [2.05, 4.69) is 31.2 Å². The molecule has 1 aromatic carbocycles. The summed E-state index contributed by atoms with van der Waals surface area (Å²) in [5.74, 6) is 0.0654. The minimum atomic E-state index is -0.0132. The number of methoxy groups -OCH3 is 1. The Morgan fingerprint density at radius 1 is 1.20 bits per heavy atom. The zero-order chi connectivity index (χ0) is 14.8. The lowest BCUT2D eigenvalue weighted by Gasteiger charge is -2.21. The van der Waals surface area contributed by atoms with E-state index >= 15 is 0 Å². The Labute approximate surface area is 121 Å². The third-order valence-electron chi connectivity index (χ3n) is 3.35. The van der Waals surface area contributed by atoms with Crippen LogP contribution in [0.3, 0.4) is 0 Å². The highest BCUT2D eigenvalue weighted by molar-refractivity contribution is 5.76. The lowest BCUT2D eigenvalue weighted by Crippen LogP contribution is -2.36. The number of aliphatic hydroxyl groups is 1. The monoisotopic (exact) mass is 279 g/mol. The number of benzene rings is 1. The number of hydrogen-bond donors (Lipinski definition) is 1. The molecule has 0 aromatic heterocycles. The first-order valence-electron chi connectivity index (χ1n) is 7.16. The molecule has 0 aliphatic heterocycles. The van der Waals surface area contributed by atoms with Crippen LogP contribution in [0.2, 0.25) is 0 Å². The summed E-state index contributed by atoms with van der Waals surface area (Å²) < 4.78 is 4.98. The predicted molar refractivity (Wildman–Crippen MR) is 79.7 cm³/mol. The van der Waals surface area contributed by atoms with Crippen molar-refractivity contribution in [3.05, 3.63) is 35.4 Å². The molecule has 0 fully saturated rings. The normalized spacial score (nSPS) is 10.6. The third-order valence-corrected chi connectivity index (χ3v) is 3.35. The molecule has 1 rings (SSSR count). The quantitative estimate of drug-likeness (QED) is 0.748. The molecule has 0 saturated carbocycles. The molecule has 1 aromatic rings. The van der Waals surface area contributed by atoms with Crippen LogP contribution in [0, 0.1) is 0 Å². The van der Waals surface area contributed by atoms with Crippen molar-refractivity contribution in [3.8, 4) is 0 Å². The van der Waals surface area contributed by atoms with Gasteiger partial charge >= 0.3 is 0 Å². The number of carbonyl (C=O) groups is 1. The number of aliphatic hydroxyl groups excluding tert-OH is 1. The van der Waals surface area contributed by atoms with E-state index in [4.69, 9.17) is 9.84 Å². The summed E-state index contributed by atoms with van der Waals surface area (Å²) in [7, 11) is 1.61. The Hall–Kier alpha value is -1.39. The second-order valence-electron chi connectivity index (χ2n) is 4.77. The van der Waals surface area contributed by atoms with E-state index in [1.807, 2.05) is 0 Å². The molecule has 20 heavy (non-hydrogen) atoms. The van der Waals surface area contributed by atoms with E-state index in [9.17, 15) is 4.79 Å². The SMILES string of the molecule is CCc1ccc(CCC(=O)N(CCO)CCOC)cc1. The van der Waals surface area contributed by atoms with Gasteiger partial charge in [-0.3, -0.25) is 4.79 Å². The maximum Gasteiger partial charge on any atom is 0.223 e. The van der Waals surface area contributed by atoms with Gasteiger partial charge in [0, 0.05) is 26.6 Å². The first-order chi connectivity index (χ1) is 9.71. The second-order valence-corrected chi connectivity index (χ2v) is 4.77. The topological polar surface area (TPSA) is 49.8 Å². The molecule has 4 heteroatoms. The highest BCUT2D eigenvalue weighted by Gasteiger charge is 2.12. The van der Waals surface area contributed by atoms with Gasteiger partial charge in [0.2, 0.25) is 5.91 Å². The number of amides is 1. The van der Waals surface area contributed by atoms with Gasteiger partial charge in [-0.05, 0) is 24.0 Å². The molecule has 0 bridgehead atoms. The Balaban J connectivity index is 2.46. The van der Waals surface area contributed by atoms with Crippen LogP contribution in [-0.2, 0) is 22.4 Å². The highest BCUT2D eigenvalue weighted by Crippen LogP contribution is 2.08. The van der Waals surface area contributed by atoms with E-state index in [1.54, 1.807) is 12.0 Å². The molecule has 4 nitrogen and oxygen atoms in total. The lowest BCUT2D eigenvalue weighted by molar-refractivity contribution is -0.132. The molecular formula is C16H25NO3. The van der Waals surface area contributed by atoms with Crippen LogP contribution in [0.4, 0.5) is 0 Å². The van der Waals surface area contributed by atoms with Crippen LogP contribution in [-0.4, -0.2) is 49.3 Å². The van der Waals surface area contributed by atoms with Gasteiger partial charge in [-0.15, -0.1) is 0 Å². The van der Waals surface area contributed by atoms with Crippen LogP contribution in [0.25, 0.3) is 0 Å². The van der Waals surface area contributed by atoms with Crippen LogP contribution in [0.5, 0.6) is 0 Å². The Morgan fingerprint density at radius 3 is 2.40 bits per heavy atom. The molecule has 0 heterocycles. The van der Waals surface area contributed by atoms with Crippen LogP contribution >= 0.6 is 0 Å². The van der Waals surface area contributed by atoms with Gasteiger partial charge in [-0.2, -0.15) is 0 Å². The van der Waals surface area contributed by atoms with E-state index < -0.39 is 0 Å². The van der Waals surface area contributed by atoms with Gasteiger partial charge < -0.3 is 14.7 Å². The molecule has 0 atom stereocenters. The molecule has 0 aliphatic rings. The summed E-state index contributed by atoms with van der Waals surface area (Å²) in [5.41, 5.74) is 2.48. The molecule has 0 spiro atoms. The van der Waals surface area contributed by atoms with E-state index in [-0.39, 0.29) is 12.5 Å². The molecule has 112 valence electrons. The summed E-state index contributed by atoms with van der Waals surface area (Å²) >= 11 is 0. The number of hydrogen-bond acceptors (Lipinski definition) is 3. The molecule has 0 saturated heterocycles. The maximum absolute atomic E-state index is 12.1. The van der Waals surface area contributed by atoms with Crippen molar-refractivity contribution < 1.29 is 14.6 Å². The van der Waals surface area contributed by atoms with E-state index in [1.165, 1.54) is 11.1 Å². The summed E-state index contributed by atoms with van der Waals surface area (Å²) in [4.78, 5) is 13.8. The molecule has 1 N–H and O–H groups in total. The van der Waals surface area contributed by atoms with Gasteiger partial charge in [0.05, 0.1) is 13.2 Å². The third kappa shape index (κ3) is 5.72. The van der Waals surface area contributed by atoms with Crippen LogP contribution in [0.1, 0.15) is 24.5 Å². The summed E-state index contributed by atoms with van der Waals surface area (Å²) in [6.07, 6.45) is 2.23. The smallest absolute Gasteiger partial charge is 0.223 e. The number of ether oxygens (including phenoxy) is 1. The Bertz CT molecular complexity index is 389. The van der Waals surface area contributed by atoms with Crippen LogP contribution in [0.15, 0.2) is 24.3 Å². The van der Waals surface area contributed by atoms with Gasteiger partial charge in [0.15, 0.2) is 0 Å². The van der Waals surface area contributed by atoms with Crippen molar-refractivity contribution in [2.24, 2.45) is 0 Å². The summed E-state index contributed by atoms with van der Waals surface area (Å²) in [6, 6.07) is 8.38. The Kier molecular flexibility index (Phi) is 7.92. The van der Waals surface area contributed by atoms with Crippen molar-refractivity contribution >= 4 is 5.91 Å². The zero-order valence-electron chi connectivity index (χ0n) is 12.5. The standard InChI is InChI=1S/C16H25NO3/c1-3-14-4-6-15(7-5-14)8-9-16(19)17(10-12-18)11-13-20-2/h4-7,18H,3,8-13H2,1-2H3. The number of carbonyl (C=O) groups excluding carboxylic acids is 1. The molecule has 1 amide bonds. The fraction of sp³-hybridized carbons (Fsp3) is 0.562. The fourth-order valence-corrected chi connectivity index (χ4v) is 2.03. The van der Waals surface area contributed by atoms with Crippen molar-refractivity contribution in [2.45, 2.75) is 26.2 Å². The summed E-state index contributed by atoms with van der Waals surface area (Å²) in [6.45, 7) is 3.51. The molecule has 0 radical (unpaired) electrons. The molecule has 0 aliphatic carbocycles. The van der Waals surface area contributed by atoms with Gasteiger partial charge in [0.1, 0.15) is 0 Å². The van der Waals surface area contributed by atoms with E-state index in [0.29, 0.717) is 26.1 Å². The van der Waals surface area contributed by atoms with Crippen molar-refractivity contribution in [2.75, 3.05) is 33.4 Å². The number of aryl methyl sites for hydroxylation is 2. The van der Waals surface area contributed by atoms with Gasteiger partial charge in [-0.1, -0.05) is 31.2 Å². The van der Waals surface area contributed by atoms with E-state index in [0.717, 1.165) is 12.8 Å². The van der Waals surface area contributed by atoms with Gasteiger partial charge in [-0.25, -0.2) is 0 Å². The van der Waals surface area contributed by atoms with Crippen molar-refractivity contribution in [3.63, 3.8) is 0 Å². The zero-order valence-corrected chi connectivity index (χ0v) is 12.5. The minimum absolute atomic E-state index is 0.0132. The van der Waals surface area contributed by atoms with Gasteiger partial charge in [0.25, 0.3) is 0 Å². The summed E-state index contributed by atoms with van der Waals surface area (Å²) in [5, 5.41) is 8.99. The van der Waals surface area contributed by atoms with Crippen LogP contribution < -0.4 is 0 Å². The second kappa shape index (κ2) is 9.50.